The number of nitrogens with zero attached hydrogens (tertiary/aromatic N) is 1. The highest BCUT2D eigenvalue weighted by molar-refractivity contribution is 5.71. The number of carboxylic acids is 1. The molecule has 1 aliphatic rings. The summed E-state index contributed by atoms with van der Waals surface area (Å²) in [6, 6.07) is 0. The monoisotopic (exact) mass is 396 g/mol. The number of hydrogen-bond donors (Lipinski definition) is 1. The molecule has 1 saturated heterocycles. The van der Waals surface area contributed by atoms with Crippen LogP contribution < -0.4 is 0 Å². The zero-order valence-corrected chi connectivity index (χ0v) is 21.1. The van der Waals surface area contributed by atoms with Crippen molar-refractivity contribution in [3.63, 3.8) is 0 Å². The lowest BCUT2D eigenvalue weighted by Gasteiger charge is -2.48. The van der Waals surface area contributed by atoms with Gasteiger partial charge in [0.15, 0.2) is 0 Å². The minimum Gasteiger partial charge on any atom is -0.481 e. The van der Waals surface area contributed by atoms with Crippen molar-refractivity contribution in [1.82, 2.24) is 0 Å². The first kappa shape index (κ1) is 25.5. The van der Waals surface area contributed by atoms with Crippen LogP contribution >= 0.6 is 0 Å². The van der Waals surface area contributed by atoms with Crippen LogP contribution in [0.3, 0.4) is 0 Å². The smallest absolute Gasteiger partial charge is 0.307 e. The molecule has 1 heterocycles. The summed E-state index contributed by atoms with van der Waals surface area (Å²) < 4.78 is 1.09. The fourth-order valence-corrected chi connectivity index (χ4v) is 5.55. The Morgan fingerprint density at radius 3 is 1.64 bits per heavy atom. The molecule has 3 heteroatoms. The van der Waals surface area contributed by atoms with E-state index in [1.165, 1.54) is 19.5 Å². The first-order valence-corrected chi connectivity index (χ1v) is 11.2. The molecule has 0 saturated carbocycles. The largest absolute Gasteiger partial charge is 0.481 e. The van der Waals surface area contributed by atoms with E-state index in [2.05, 4.69) is 83.3 Å². The second kappa shape index (κ2) is 7.93. The predicted octanol–water partition coefficient (Wildman–Crippen LogP) is 6.32. The molecule has 1 N–H and O–H groups in total. The van der Waals surface area contributed by atoms with Crippen molar-refractivity contribution < 1.29 is 14.4 Å². The van der Waals surface area contributed by atoms with Crippen molar-refractivity contribution in [2.45, 2.75) is 88.5 Å². The molecule has 0 aliphatic carbocycles. The quantitative estimate of drug-likeness (QED) is 0.511. The van der Waals surface area contributed by atoms with Crippen LogP contribution in [-0.2, 0) is 4.79 Å². The molecule has 0 aromatic rings. The standard InChI is InChI=1S/C25H49NO2/c1-22(2,3)13-18-16-26(11,12)17-19(18)14-24(7,8)25(9,10)20(21(27)28)15-23(4,5)6/h18-20H,13-17H2,1-12H3/p+1. The van der Waals surface area contributed by atoms with Gasteiger partial charge in [0, 0.05) is 11.8 Å². The van der Waals surface area contributed by atoms with Crippen molar-refractivity contribution in [1.29, 1.82) is 0 Å². The summed E-state index contributed by atoms with van der Waals surface area (Å²) in [4.78, 5) is 12.3. The molecule has 0 amide bonds. The molecule has 1 rings (SSSR count). The maximum absolute atomic E-state index is 12.3. The van der Waals surface area contributed by atoms with Crippen molar-refractivity contribution >= 4 is 5.97 Å². The van der Waals surface area contributed by atoms with Crippen molar-refractivity contribution in [3.05, 3.63) is 0 Å². The predicted molar refractivity (Wildman–Crippen MR) is 120 cm³/mol. The van der Waals surface area contributed by atoms with Gasteiger partial charge in [0.2, 0.25) is 0 Å². The van der Waals surface area contributed by atoms with Gasteiger partial charge in [-0.1, -0.05) is 69.2 Å². The van der Waals surface area contributed by atoms with E-state index in [4.69, 9.17) is 0 Å². The van der Waals surface area contributed by atoms with Crippen molar-refractivity contribution in [3.8, 4) is 0 Å². The molecule has 0 aromatic carbocycles. The fraction of sp³-hybridized carbons (Fsp3) is 0.960. The van der Waals surface area contributed by atoms with Crippen LogP contribution in [0.5, 0.6) is 0 Å². The highest BCUT2D eigenvalue weighted by atomic mass is 16.4. The van der Waals surface area contributed by atoms with Gasteiger partial charge < -0.3 is 9.59 Å². The Labute approximate surface area is 175 Å². The Morgan fingerprint density at radius 1 is 0.857 bits per heavy atom. The summed E-state index contributed by atoms with van der Waals surface area (Å²) in [5.74, 6) is 0.415. The van der Waals surface area contributed by atoms with E-state index in [1.54, 1.807) is 0 Å². The zero-order valence-electron chi connectivity index (χ0n) is 21.1. The normalized spacial score (nSPS) is 25.0. The Morgan fingerprint density at radius 2 is 1.29 bits per heavy atom. The van der Waals surface area contributed by atoms with Gasteiger partial charge in [-0.3, -0.25) is 4.79 Å². The SMILES string of the molecule is CC(C)(C)CC1C[N+](C)(C)CC1CC(C)(C)C(C)(C)C(CC(C)(C)C)C(=O)O. The third-order valence-electron chi connectivity index (χ3n) is 7.50. The van der Waals surface area contributed by atoms with E-state index in [9.17, 15) is 9.90 Å². The third kappa shape index (κ3) is 6.75. The number of carboxylic acid groups (broad SMARTS) is 1. The summed E-state index contributed by atoms with van der Waals surface area (Å²) in [5, 5.41) is 10.1. The van der Waals surface area contributed by atoms with Crippen LogP contribution in [0.15, 0.2) is 0 Å². The number of hydrogen-bond acceptors (Lipinski definition) is 1. The molecule has 3 atom stereocenters. The van der Waals surface area contributed by atoms with Gasteiger partial charge in [0.25, 0.3) is 0 Å². The molecule has 1 aliphatic heterocycles. The van der Waals surface area contributed by atoms with Gasteiger partial charge in [-0.15, -0.1) is 0 Å². The first-order valence-electron chi connectivity index (χ1n) is 11.2. The molecule has 3 nitrogen and oxygen atoms in total. The highest BCUT2D eigenvalue weighted by Gasteiger charge is 2.51. The van der Waals surface area contributed by atoms with E-state index >= 15 is 0 Å². The van der Waals surface area contributed by atoms with Gasteiger partial charge in [-0.2, -0.15) is 0 Å². The van der Waals surface area contributed by atoms with Crippen LogP contribution in [0.4, 0.5) is 0 Å². The maximum Gasteiger partial charge on any atom is 0.307 e. The van der Waals surface area contributed by atoms with Gasteiger partial charge >= 0.3 is 5.97 Å². The van der Waals surface area contributed by atoms with Crippen LogP contribution in [-0.4, -0.2) is 42.7 Å². The molecule has 0 spiro atoms. The lowest BCUT2D eigenvalue weighted by Crippen LogP contribution is -2.46. The first-order chi connectivity index (χ1) is 12.2. The Kier molecular flexibility index (Phi) is 7.21. The minimum absolute atomic E-state index is 0.0113. The molecule has 0 aromatic heterocycles. The molecule has 3 unspecified atom stereocenters. The van der Waals surface area contributed by atoms with Crippen LogP contribution in [0, 0.1) is 39.4 Å². The summed E-state index contributed by atoms with van der Waals surface area (Å²) in [6.07, 6.45) is 3.08. The fourth-order valence-electron chi connectivity index (χ4n) is 5.55. The number of rotatable bonds is 7. The second-order valence-corrected chi connectivity index (χ2v) is 14.1. The molecule has 0 bridgehead atoms. The van der Waals surface area contributed by atoms with E-state index < -0.39 is 5.97 Å². The molecule has 0 radical (unpaired) electrons. The van der Waals surface area contributed by atoms with E-state index in [0.717, 1.165) is 23.2 Å². The lowest BCUT2D eigenvalue weighted by molar-refractivity contribution is -0.880. The van der Waals surface area contributed by atoms with Gasteiger partial charge in [-0.05, 0) is 40.9 Å². The molecular weight excluding hydrogens is 346 g/mol. The third-order valence-corrected chi connectivity index (χ3v) is 7.50. The average molecular weight is 397 g/mol. The summed E-state index contributed by atoms with van der Waals surface area (Å²) in [6.45, 7) is 25.0. The Balaban J connectivity index is 3.12. The van der Waals surface area contributed by atoms with Gasteiger partial charge in [0.1, 0.15) is 0 Å². The number of quaternary nitrogens is 1. The number of likely N-dealkylation sites (tertiary alicyclic amines) is 1. The molecule has 166 valence electrons. The van der Waals surface area contributed by atoms with Crippen molar-refractivity contribution in [2.24, 2.45) is 39.4 Å². The van der Waals surface area contributed by atoms with Crippen molar-refractivity contribution in [2.75, 3.05) is 27.2 Å². The van der Waals surface area contributed by atoms with E-state index in [0.29, 0.717) is 11.3 Å². The van der Waals surface area contributed by atoms with Crippen LogP contribution in [0.2, 0.25) is 0 Å². The van der Waals surface area contributed by atoms with Gasteiger partial charge in [0.05, 0.1) is 33.1 Å². The summed E-state index contributed by atoms with van der Waals surface area (Å²) >= 11 is 0. The average Bonchev–Trinajstić information content (AvgIpc) is 2.65. The topological polar surface area (TPSA) is 37.3 Å². The lowest BCUT2D eigenvalue weighted by atomic mass is 9.55. The summed E-state index contributed by atoms with van der Waals surface area (Å²) in [5.41, 5.74) is 0.0464. The van der Waals surface area contributed by atoms with E-state index in [1.807, 2.05) is 0 Å². The second-order valence-electron chi connectivity index (χ2n) is 14.1. The minimum atomic E-state index is -0.637. The Hall–Kier alpha value is -0.570. The number of carbonyl (C=O) groups is 1. The molecule has 28 heavy (non-hydrogen) atoms. The molecular formula is C25H50NO2+. The summed E-state index contributed by atoms with van der Waals surface area (Å²) in [7, 11) is 4.71. The highest BCUT2D eigenvalue weighted by Crippen LogP contribution is 2.53. The number of aliphatic carboxylic acids is 1. The van der Waals surface area contributed by atoms with Gasteiger partial charge in [-0.25, -0.2) is 0 Å². The molecule has 1 fully saturated rings. The van der Waals surface area contributed by atoms with E-state index in [-0.39, 0.29) is 22.2 Å². The maximum atomic E-state index is 12.3. The van der Waals surface area contributed by atoms with Crippen LogP contribution in [0.1, 0.15) is 88.5 Å². The Bertz CT molecular complexity index is 546. The van der Waals surface area contributed by atoms with Crippen LogP contribution in [0.25, 0.3) is 0 Å². The zero-order chi connectivity index (χ0) is 22.3.